The van der Waals surface area contributed by atoms with Gasteiger partial charge in [0.25, 0.3) is 0 Å². The van der Waals surface area contributed by atoms with Gasteiger partial charge in [0.15, 0.2) is 0 Å². The fourth-order valence-electron chi connectivity index (χ4n) is 1.62. The van der Waals surface area contributed by atoms with E-state index in [1.54, 1.807) is 0 Å². The van der Waals surface area contributed by atoms with E-state index in [9.17, 15) is 0 Å². The van der Waals surface area contributed by atoms with E-state index < -0.39 is 0 Å². The van der Waals surface area contributed by atoms with E-state index in [4.69, 9.17) is 4.74 Å². The summed E-state index contributed by atoms with van der Waals surface area (Å²) in [6.45, 7) is 2.95. The van der Waals surface area contributed by atoms with Crippen LogP contribution < -0.4 is 4.74 Å². The molecule has 14 heavy (non-hydrogen) atoms. The SMILES string of the molecule is CCCOc1cccc(Br)c1C1CC1. The lowest BCUT2D eigenvalue weighted by Gasteiger charge is -2.11. The molecule has 2 rings (SSSR count). The van der Waals surface area contributed by atoms with Crippen molar-refractivity contribution in [1.29, 1.82) is 0 Å². The fraction of sp³-hybridized carbons (Fsp3) is 0.500. The summed E-state index contributed by atoms with van der Waals surface area (Å²) in [5.41, 5.74) is 1.38. The van der Waals surface area contributed by atoms with Crippen molar-refractivity contribution in [3.8, 4) is 5.75 Å². The maximum Gasteiger partial charge on any atom is 0.123 e. The molecule has 0 saturated heterocycles. The van der Waals surface area contributed by atoms with E-state index in [2.05, 4.69) is 35.0 Å². The summed E-state index contributed by atoms with van der Waals surface area (Å²) in [6.07, 6.45) is 3.69. The molecule has 0 aliphatic heterocycles. The van der Waals surface area contributed by atoms with Gasteiger partial charge in [-0.3, -0.25) is 0 Å². The van der Waals surface area contributed by atoms with Gasteiger partial charge in [-0.1, -0.05) is 28.9 Å². The van der Waals surface area contributed by atoms with Gasteiger partial charge in [0, 0.05) is 10.0 Å². The highest BCUT2D eigenvalue weighted by Crippen LogP contribution is 2.47. The molecule has 1 saturated carbocycles. The standard InChI is InChI=1S/C12H15BrO/c1-2-8-14-11-5-3-4-10(13)12(11)9-6-7-9/h3-5,9H,2,6-8H2,1H3. The van der Waals surface area contributed by atoms with Crippen LogP contribution in [0, 0.1) is 0 Å². The summed E-state index contributed by atoms with van der Waals surface area (Å²) in [6, 6.07) is 6.22. The minimum absolute atomic E-state index is 0.734. The first kappa shape index (κ1) is 10.0. The number of rotatable bonds is 4. The highest BCUT2D eigenvalue weighted by molar-refractivity contribution is 9.10. The third-order valence-corrected chi connectivity index (χ3v) is 3.15. The van der Waals surface area contributed by atoms with Gasteiger partial charge in [0.2, 0.25) is 0 Å². The molecule has 0 amide bonds. The highest BCUT2D eigenvalue weighted by Gasteiger charge is 2.28. The van der Waals surface area contributed by atoms with Crippen LogP contribution >= 0.6 is 15.9 Å². The molecule has 0 bridgehead atoms. The summed E-state index contributed by atoms with van der Waals surface area (Å²) in [4.78, 5) is 0. The van der Waals surface area contributed by atoms with Crippen molar-refractivity contribution in [3.63, 3.8) is 0 Å². The first-order valence-electron chi connectivity index (χ1n) is 5.24. The lowest BCUT2D eigenvalue weighted by molar-refractivity contribution is 0.314. The Labute approximate surface area is 93.6 Å². The third kappa shape index (κ3) is 2.11. The largest absolute Gasteiger partial charge is 0.493 e. The minimum atomic E-state index is 0.734. The molecule has 0 N–H and O–H groups in total. The van der Waals surface area contributed by atoms with Crippen LogP contribution in [0.2, 0.25) is 0 Å². The van der Waals surface area contributed by atoms with Crippen molar-refractivity contribution in [3.05, 3.63) is 28.2 Å². The lowest BCUT2D eigenvalue weighted by atomic mass is 10.1. The number of hydrogen-bond donors (Lipinski definition) is 0. The normalized spacial score (nSPS) is 15.6. The molecule has 0 atom stereocenters. The van der Waals surface area contributed by atoms with Crippen molar-refractivity contribution in [2.24, 2.45) is 0 Å². The van der Waals surface area contributed by atoms with Gasteiger partial charge in [-0.05, 0) is 37.3 Å². The molecule has 1 aromatic rings. The molecule has 2 heteroatoms. The topological polar surface area (TPSA) is 9.23 Å². The highest BCUT2D eigenvalue weighted by atomic mass is 79.9. The van der Waals surface area contributed by atoms with Crippen LogP contribution in [0.4, 0.5) is 0 Å². The van der Waals surface area contributed by atoms with Crippen LogP contribution in [0.1, 0.15) is 37.7 Å². The maximum atomic E-state index is 5.74. The van der Waals surface area contributed by atoms with E-state index in [0.717, 1.165) is 24.7 Å². The maximum absolute atomic E-state index is 5.74. The van der Waals surface area contributed by atoms with E-state index in [0.29, 0.717) is 0 Å². The molecule has 0 radical (unpaired) electrons. The first-order chi connectivity index (χ1) is 6.83. The Morgan fingerprint density at radius 3 is 2.86 bits per heavy atom. The summed E-state index contributed by atoms with van der Waals surface area (Å²) < 4.78 is 6.94. The average Bonchev–Trinajstić information content (AvgIpc) is 2.98. The van der Waals surface area contributed by atoms with Crippen molar-refractivity contribution in [2.45, 2.75) is 32.1 Å². The quantitative estimate of drug-likeness (QED) is 0.786. The van der Waals surface area contributed by atoms with Gasteiger partial charge in [-0.15, -0.1) is 0 Å². The van der Waals surface area contributed by atoms with Crippen molar-refractivity contribution in [1.82, 2.24) is 0 Å². The van der Waals surface area contributed by atoms with Crippen molar-refractivity contribution < 1.29 is 4.74 Å². The minimum Gasteiger partial charge on any atom is -0.493 e. The van der Waals surface area contributed by atoms with Crippen LogP contribution in [-0.2, 0) is 0 Å². The molecule has 1 nitrogen and oxygen atoms in total. The van der Waals surface area contributed by atoms with Crippen LogP contribution in [0.5, 0.6) is 5.75 Å². The predicted octanol–water partition coefficient (Wildman–Crippen LogP) is 4.12. The molecule has 0 unspecified atom stereocenters. The molecule has 0 spiro atoms. The summed E-state index contributed by atoms with van der Waals surface area (Å²) in [5.74, 6) is 1.81. The van der Waals surface area contributed by atoms with Gasteiger partial charge in [-0.25, -0.2) is 0 Å². The Balaban J connectivity index is 2.23. The molecule has 1 aromatic carbocycles. The average molecular weight is 255 g/mol. The van der Waals surface area contributed by atoms with E-state index in [1.165, 1.54) is 22.9 Å². The number of ether oxygens (including phenoxy) is 1. The molecular formula is C12H15BrO. The third-order valence-electron chi connectivity index (χ3n) is 2.46. The van der Waals surface area contributed by atoms with E-state index in [-0.39, 0.29) is 0 Å². The van der Waals surface area contributed by atoms with Gasteiger partial charge in [0.1, 0.15) is 5.75 Å². The van der Waals surface area contributed by atoms with E-state index in [1.807, 2.05) is 6.07 Å². The van der Waals surface area contributed by atoms with Gasteiger partial charge < -0.3 is 4.74 Å². The summed E-state index contributed by atoms with van der Waals surface area (Å²) in [7, 11) is 0. The molecule has 1 aliphatic rings. The lowest BCUT2D eigenvalue weighted by Crippen LogP contribution is -1.98. The molecular weight excluding hydrogens is 240 g/mol. The summed E-state index contributed by atoms with van der Waals surface area (Å²) in [5, 5.41) is 0. The van der Waals surface area contributed by atoms with Crippen LogP contribution in [0.25, 0.3) is 0 Å². The number of benzene rings is 1. The number of halogens is 1. The fourth-order valence-corrected chi connectivity index (χ4v) is 2.30. The van der Waals surface area contributed by atoms with Crippen LogP contribution in [-0.4, -0.2) is 6.61 Å². The molecule has 76 valence electrons. The zero-order chi connectivity index (χ0) is 9.97. The summed E-state index contributed by atoms with van der Waals surface area (Å²) >= 11 is 3.60. The predicted molar refractivity (Wildman–Crippen MR) is 61.9 cm³/mol. The van der Waals surface area contributed by atoms with Crippen molar-refractivity contribution in [2.75, 3.05) is 6.61 Å². The van der Waals surface area contributed by atoms with Crippen LogP contribution in [0.3, 0.4) is 0 Å². The Morgan fingerprint density at radius 2 is 2.21 bits per heavy atom. The van der Waals surface area contributed by atoms with Gasteiger partial charge in [0.05, 0.1) is 6.61 Å². The van der Waals surface area contributed by atoms with Gasteiger partial charge in [-0.2, -0.15) is 0 Å². The zero-order valence-electron chi connectivity index (χ0n) is 8.42. The molecule has 0 aromatic heterocycles. The van der Waals surface area contributed by atoms with Crippen LogP contribution in [0.15, 0.2) is 22.7 Å². The zero-order valence-corrected chi connectivity index (χ0v) is 10.0. The second-order valence-corrected chi connectivity index (χ2v) is 4.63. The Hall–Kier alpha value is -0.500. The second-order valence-electron chi connectivity index (χ2n) is 3.77. The Morgan fingerprint density at radius 1 is 1.43 bits per heavy atom. The Kier molecular flexibility index (Phi) is 3.12. The monoisotopic (exact) mass is 254 g/mol. The smallest absolute Gasteiger partial charge is 0.123 e. The van der Waals surface area contributed by atoms with Gasteiger partial charge >= 0.3 is 0 Å². The first-order valence-corrected chi connectivity index (χ1v) is 6.03. The van der Waals surface area contributed by atoms with Crippen molar-refractivity contribution >= 4 is 15.9 Å². The molecule has 0 heterocycles. The molecule has 1 fully saturated rings. The molecule has 1 aliphatic carbocycles. The second kappa shape index (κ2) is 4.35. The Bertz CT molecular complexity index is 318. The number of hydrogen-bond acceptors (Lipinski definition) is 1. The van der Waals surface area contributed by atoms with E-state index >= 15 is 0 Å².